The van der Waals surface area contributed by atoms with Gasteiger partial charge < -0.3 is 9.47 Å². The number of rotatable bonds is 9. The molecule has 8 nitrogen and oxygen atoms in total. The summed E-state index contributed by atoms with van der Waals surface area (Å²) < 4.78 is 35.5. The van der Waals surface area contributed by atoms with E-state index in [0.717, 1.165) is 10.7 Å². The Bertz CT molecular complexity index is 1180. The molecule has 2 N–H and O–H groups in total. The van der Waals surface area contributed by atoms with E-state index in [9.17, 15) is 19.2 Å². The third-order valence-electron chi connectivity index (χ3n) is 5.03. The van der Waals surface area contributed by atoms with Crippen LogP contribution in [-0.4, -0.2) is 34.0 Å². The van der Waals surface area contributed by atoms with Gasteiger partial charge in [0.1, 0.15) is 18.4 Å². The zero-order valence-corrected chi connectivity index (χ0v) is 19.3. The molecule has 1 heterocycles. The number of halogens is 3. The summed E-state index contributed by atoms with van der Waals surface area (Å²) in [5.74, 6) is 0.489. The number of nitrogens with zero attached hydrogens (tertiary/aromatic N) is 4. The van der Waals surface area contributed by atoms with E-state index in [2.05, 4.69) is 20.1 Å². The molecule has 0 saturated carbocycles. The molecule has 0 aliphatic heterocycles. The molecule has 0 atom stereocenters. The number of aromatic nitrogens is 2. The van der Waals surface area contributed by atoms with Gasteiger partial charge in [-0.1, -0.05) is 37.6 Å². The SMILES string of the molecule is CN(O)Nc1nccc(COc2ccc(C(C)(C)c3cc(Cl)c(OC(F)F)c(C#N)c3)cc2)n1. The minimum atomic E-state index is -3.09. The number of benzene rings is 2. The van der Waals surface area contributed by atoms with Crippen molar-refractivity contribution in [2.75, 3.05) is 12.5 Å². The Morgan fingerprint density at radius 1 is 1.21 bits per heavy atom. The summed E-state index contributed by atoms with van der Waals surface area (Å²) in [5.41, 5.74) is 4.04. The Kier molecular flexibility index (Phi) is 7.83. The molecule has 0 saturated heterocycles. The van der Waals surface area contributed by atoms with Gasteiger partial charge in [-0.3, -0.25) is 10.6 Å². The minimum Gasteiger partial charge on any atom is -0.487 e. The van der Waals surface area contributed by atoms with E-state index in [1.807, 2.05) is 32.0 Å². The highest BCUT2D eigenvalue weighted by Gasteiger charge is 2.26. The number of nitrogens with one attached hydrogen (secondary N) is 1. The predicted molar refractivity (Wildman–Crippen MR) is 121 cm³/mol. The number of hydrogen-bond donors (Lipinski definition) is 2. The summed E-state index contributed by atoms with van der Waals surface area (Å²) in [7, 11) is 1.40. The third kappa shape index (κ3) is 6.08. The molecule has 3 aromatic rings. The van der Waals surface area contributed by atoms with Crippen molar-refractivity contribution in [3.63, 3.8) is 0 Å². The second-order valence-corrected chi connectivity index (χ2v) is 8.18. The molecule has 0 aliphatic carbocycles. The normalized spacial score (nSPS) is 11.4. The van der Waals surface area contributed by atoms with Crippen molar-refractivity contribution >= 4 is 17.5 Å². The van der Waals surface area contributed by atoms with Crippen LogP contribution in [0.4, 0.5) is 14.7 Å². The number of hydroxylamine groups is 1. The van der Waals surface area contributed by atoms with Gasteiger partial charge in [0.2, 0.25) is 5.95 Å². The Labute approximate surface area is 200 Å². The molecule has 3 rings (SSSR count). The lowest BCUT2D eigenvalue weighted by atomic mass is 9.77. The van der Waals surface area contributed by atoms with Crippen molar-refractivity contribution < 1.29 is 23.5 Å². The van der Waals surface area contributed by atoms with Gasteiger partial charge in [-0.05, 0) is 41.5 Å². The van der Waals surface area contributed by atoms with Gasteiger partial charge in [0, 0.05) is 18.7 Å². The van der Waals surface area contributed by atoms with Crippen molar-refractivity contribution in [1.29, 1.82) is 5.26 Å². The van der Waals surface area contributed by atoms with Crippen LogP contribution >= 0.6 is 11.6 Å². The molecule has 0 fully saturated rings. The van der Waals surface area contributed by atoms with Gasteiger partial charge >= 0.3 is 6.61 Å². The van der Waals surface area contributed by atoms with Crippen LogP contribution in [0.3, 0.4) is 0 Å². The maximum Gasteiger partial charge on any atom is 0.387 e. The fourth-order valence-electron chi connectivity index (χ4n) is 3.21. The van der Waals surface area contributed by atoms with Crippen LogP contribution in [-0.2, 0) is 12.0 Å². The van der Waals surface area contributed by atoms with E-state index in [1.165, 1.54) is 19.2 Å². The smallest absolute Gasteiger partial charge is 0.387 e. The van der Waals surface area contributed by atoms with Crippen molar-refractivity contribution in [3.05, 3.63) is 76.1 Å². The lowest BCUT2D eigenvalue weighted by molar-refractivity contribution is -0.0500. The van der Waals surface area contributed by atoms with Gasteiger partial charge in [0.05, 0.1) is 16.3 Å². The zero-order chi connectivity index (χ0) is 24.9. The first kappa shape index (κ1) is 25.1. The van der Waals surface area contributed by atoms with Crippen molar-refractivity contribution in [2.45, 2.75) is 32.5 Å². The van der Waals surface area contributed by atoms with E-state index < -0.39 is 12.0 Å². The molecule has 178 valence electrons. The van der Waals surface area contributed by atoms with Crippen molar-refractivity contribution in [1.82, 2.24) is 15.1 Å². The molecular formula is C23H22ClF2N5O3. The number of alkyl halides is 2. The number of nitriles is 1. The Hall–Kier alpha value is -3.52. The average molecular weight is 490 g/mol. The van der Waals surface area contributed by atoms with Crippen LogP contribution in [0.2, 0.25) is 5.02 Å². The Morgan fingerprint density at radius 3 is 2.53 bits per heavy atom. The number of hydrazine groups is 1. The van der Waals surface area contributed by atoms with Gasteiger partial charge in [-0.25, -0.2) is 9.97 Å². The highest BCUT2D eigenvalue weighted by molar-refractivity contribution is 6.32. The maximum absolute atomic E-state index is 12.7. The minimum absolute atomic E-state index is 0.0616. The van der Waals surface area contributed by atoms with Crippen LogP contribution in [0.1, 0.15) is 36.2 Å². The third-order valence-corrected chi connectivity index (χ3v) is 5.31. The Morgan fingerprint density at radius 2 is 1.91 bits per heavy atom. The van der Waals surface area contributed by atoms with E-state index in [-0.39, 0.29) is 28.9 Å². The van der Waals surface area contributed by atoms with Crippen LogP contribution in [0, 0.1) is 11.3 Å². The average Bonchev–Trinajstić information content (AvgIpc) is 2.78. The second-order valence-electron chi connectivity index (χ2n) is 7.77. The number of hydrogen-bond acceptors (Lipinski definition) is 8. The molecule has 0 aliphatic rings. The lowest BCUT2D eigenvalue weighted by Crippen LogP contribution is -2.22. The van der Waals surface area contributed by atoms with Crippen LogP contribution < -0.4 is 14.9 Å². The fraction of sp³-hybridized carbons (Fsp3) is 0.261. The number of anilines is 1. The summed E-state index contributed by atoms with van der Waals surface area (Å²) in [6, 6.07) is 13.9. The van der Waals surface area contributed by atoms with Gasteiger partial charge in [0.15, 0.2) is 5.75 Å². The van der Waals surface area contributed by atoms with Crippen LogP contribution in [0.5, 0.6) is 11.5 Å². The van der Waals surface area contributed by atoms with Crippen molar-refractivity contribution in [2.24, 2.45) is 0 Å². The van der Waals surface area contributed by atoms with E-state index in [0.29, 0.717) is 17.0 Å². The predicted octanol–water partition coefficient (Wildman–Crippen LogP) is 5.16. The molecule has 0 spiro atoms. The maximum atomic E-state index is 12.7. The fourth-order valence-corrected chi connectivity index (χ4v) is 3.48. The molecule has 2 aromatic carbocycles. The van der Waals surface area contributed by atoms with Crippen molar-refractivity contribution in [3.8, 4) is 17.6 Å². The summed E-state index contributed by atoms with van der Waals surface area (Å²) in [6.45, 7) is 0.951. The molecule has 11 heteroatoms. The first-order chi connectivity index (χ1) is 16.1. The quantitative estimate of drug-likeness (QED) is 0.397. The van der Waals surface area contributed by atoms with Crippen LogP contribution in [0.25, 0.3) is 0 Å². The molecule has 0 amide bonds. The summed E-state index contributed by atoms with van der Waals surface area (Å²) in [6.07, 6.45) is 1.54. The van der Waals surface area contributed by atoms with Gasteiger partial charge in [0.25, 0.3) is 0 Å². The van der Waals surface area contributed by atoms with E-state index in [4.69, 9.17) is 16.3 Å². The van der Waals surface area contributed by atoms with Gasteiger partial charge in [-0.15, -0.1) is 5.17 Å². The van der Waals surface area contributed by atoms with E-state index in [1.54, 1.807) is 24.4 Å². The molecule has 1 aromatic heterocycles. The number of ether oxygens (including phenoxy) is 2. The molecular weight excluding hydrogens is 468 g/mol. The Balaban J connectivity index is 1.76. The van der Waals surface area contributed by atoms with E-state index >= 15 is 0 Å². The molecule has 0 bridgehead atoms. The lowest BCUT2D eigenvalue weighted by Gasteiger charge is -2.27. The molecule has 0 radical (unpaired) electrons. The second kappa shape index (κ2) is 10.6. The highest BCUT2D eigenvalue weighted by Crippen LogP contribution is 2.39. The standard InChI is InChI=1S/C23H22ClF2N5O3/c1-23(2,16-10-14(12-27)20(19(24)11-16)34-21(25)26)15-4-6-18(7-5-15)33-13-17-8-9-28-22(29-17)30-31(3)32/h4-11,21,32H,13H2,1-3H3,(H,28,29,30). The van der Waals surface area contributed by atoms with Crippen LogP contribution in [0.15, 0.2) is 48.7 Å². The topological polar surface area (TPSA) is 104 Å². The largest absolute Gasteiger partial charge is 0.487 e. The first-order valence-corrected chi connectivity index (χ1v) is 10.4. The monoisotopic (exact) mass is 489 g/mol. The highest BCUT2D eigenvalue weighted by atomic mass is 35.5. The molecule has 34 heavy (non-hydrogen) atoms. The summed E-state index contributed by atoms with van der Waals surface area (Å²) in [4.78, 5) is 8.21. The first-order valence-electron chi connectivity index (χ1n) is 10.0. The molecule has 0 unspecified atom stereocenters. The van der Waals surface area contributed by atoms with Gasteiger partial charge in [-0.2, -0.15) is 14.0 Å². The summed E-state index contributed by atoms with van der Waals surface area (Å²) in [5, 5.41) is 19.3. The zero-order valence-electron chi connectivity index (χ0n) is 18.6. The summed E-state index contributed by atoms with van der Waals surface area (Å²) >= 11 is 6.15.